The summed E-state index contributed by atoms with van der Waals surface area (Å²) in [6.45, 7) is 3.92. The molecule has 1 heterocycles. The van der Waals surface area contributed by atoms with Crippen molar-refractivity contribution in [2.75, 3.05) is 24.6 Å². The Kier molecular flexibility index (Phi) is 5.60. The van der Waals surface area contributed by atoms with Crippen molar-refractivity contribution in [2.45, 2.75) is 20.3 Å². The Labute approximate surface area is 139 Å². The van der Waals surface area contributed by atoms with Crippen molar-refractivity contribution in [2.24, 2.45) is 5.92 Å². The van der Waals surface area contributed by atoms with Crippen molar-refractivity contribution in [1.82, 2.24) is 5.32 Å². The molecule has 0 saturated carbocycles. The predicted octanol–water partition coefficient (Wildman–Crippen LogP) is 1.68. The number of rotatable bonds is 5. The number of ether oxygens (including phenoxy) is 1. The van der Waals surface area contributed by atoms with Crippen LogP contribution in [0, 0.1) is 12.8 Å². The van der Waals surface area contributed by atoms with E-state index in [0.717, 1.165) is 5.56 Å². The summed E-state index contributed by atoms with van der Waals surface area (Å²) in [6.07, 6.45) is 0.111. The van der Waals surface area contributed by atoms with E-state index in [1.54, 1.807) is 24.0 Å². The zero-order chi connectivity index (χ0) is 17.0. The Morgan fingerprint density at radius 1 is 1.43 bits per heavy atom. The van der Waals surface area contributed by atoms with Crippen molar-refractivity contribution in [3.63, 3.8) is 0 Å². The molecule has 2 rings (SSSR count). The van der Waals surface area contributed by atoms with Gasteiger partial charge in [0, 0.05) is 23.7 Å². The Morgan fingerprint density at radius 2 is 2.17 bits per heavy atom. The number of amides is 2. The third-order valence-electron chi connectivity index (χ3n) is 3.68. The van der Waals surface area contributed by atoms with Gasteiger partial charge in [-0.1, -0.05) is 17.7 Å². The van der Waals surface area contributed by atoms with E-state index < -0.39 is 11.9 Å². The van der Waals surface area contributed by atoms with Gasteiger partial charge in [0.1, 0.15) is 6.54 Å². The third-order valence-corrected chi connectivity index (χ3v) is 4.08. The third kappa shape index (κ3) is 4.22. The fourth-order valence-electron chi connectivity index (χ4n) is 2.40. The molecular formula is C16H19ClN2O4. The smallest absolute Gasteiger partial charge is 0.325 e. The second-order valence-corrected chi connectivity index (χ2v) is 5.77. The predicted molar refractivity (Wildman–Crippen MR) is 86.3 cm³/mol. The second-order valence-electron chi connectivity index (χ2n) is 5.36. The quantitative estimate of drug-likeness (QED) is 0.829. The highest BCUT2D eigenvalue weighted by molar-refractivity contribution is 6.31. The van der Waals surface area contributed by atoms with Crippen LogP contribution in [0.25, 0.3) is 0 Å². The molecule has 1 aromatic carbocycles. The highest BCUT2D eigenvalue weighted by atomic mass is 35.5. The largest absolute Gasteiger partial charge is 0.465 e. The molecule has 0 spiro atoms. The van der Waals surface area contributed by atoms with E-state index in [-0.39, 0.29) is 37.9 Å². The Bertz CT molecular complexity index is 633. The van der Waals surface area contributed by atoms with Gasteiger partial charge in [0.15, 0.2) is 0 Å². The molecule has 7 heteroatoms. The molecule has 23 heavy (non-hydrogen) atoms. The van der Waals surface area contributed by atoms with Crippen LogP contribution in [-0.2, 0) is 19.1 Å². The van der Waals surface area contributed by atoms with Crippen molar-refractivity contribution in [1.29, 1.82) is 0 Å². The minimum absolute atomic E-state index is 0.111. The summed E-state index contributed by atoms with van der Waals surface area (Å²) < 4.78 is 4.75. The van der Waals surface area contributed by atoms with E-state index in [1.165, 1.54) is 0 Å². The first-order valence-corrected chi connectivity index (χ1v) is 7.80. The van der Waals surface area contributed by atoms with Gasteiger partial charge in [0.25, 0.3) is 0 Å². The first-order valence-electron chi connectivity index (χ1n) is 7.42. The lowest BCUT2D eigenvalue weighted by Crippen LogP contribution is -2.36. The summed E-state index contributed by atoms with van der Waals surface area (Å²) in [5.41, 5.74) is 1.59. The monoisotopic (exact) mass is 338 g/mol. The summed E-state index contributed by atoms with van der Waals surface area (Å²) in [6, 6.07) is 5.35. The SMILES string of the molecule is CCOC(=O)CNC(=O)[C@@H]1CC(=O)N(c2ccc(C)c(Cl)c2)C1. The molecule has 1 fully saturated rings. The van der Waals surface area contributed by atoms with E-state index in [4.69, 9.17) is 16.3 Å². The van der Waals surface area contributed by atoms with Crippen molar-refractivity contribution < 1.29 is 19.1 Å². The Balaban J connectivity index is 1.97. The molecule has 124 valence electrons. The molecular weight excluding hydrogens is 320 g/mol. The summed E-state index contributed by atoms with van der Waals surface area (Å²) in [4.78, 5) is 37.0. The van der Waals surface area contributed by atoms with Gasteiger partial charge in [-0.15, -0.1) is 0 Å². The number of carbonyl (C=O) groups is 3. The van der Waals surface area contributed by atoms with E-state index in [9.17, 15) is 14.4 Å². The van der Waals surface area contributed by atoms with Crippen LogP contribution in [0.2, 0.25) is 5.02 Å². The van der Waals surface area contributed by atoms with Crippen molar-refractivity contribution in [3.8, 4) is 0 Å². The molecule has 0 radical (unpaired) electrons. The van der Waals surface area contributed by atoms with Crippen LogP contribution < -0.4 is 10.2 Å². The van der Waals surface area contributed by atoms with Gasteiger partial charge in [0.05, 0.1) is 12.5 Å². The van der Waals surface area contributed by atoms with E-state index in [1.807, 2.05) is 13.0 Å². The maximum Gasteiger partial charge on any atom is 0.325 e. The van der Waals surface area contributed by atoms with Gasteiger partial charge in [-0.2, -0.15) is 0 Å². The topological polar surface area (TPSA) is 75.7 Å². The molecule has 2 amide bonds. The minimum atomic E-state index is -0.493. The average Bonchev–Trinajstić information content (AvgIpc) is 2.90. The maximum atomic E-state index is 12.1. The number of benzene rings is 1. The number of esters is 1. The molecule has 1 aromatic rings. The van der Waals surface area contributed by atoms with Crippen molar-refractivity contribution in [3.05, 3.63) is 28.8 Å². The molecule has 0 unspecified atom stereocenters. The summed E-state index contributed by atoms with van der Waals surface area (Å²) in [7, 11) is 0. The number of nitrogens with one attached hydrogen (secondary N) is 1. The number of hydrogen-bond donors (Lipinski definition) is 1. The molecule has 1 aliphatic rings. The average molecular weight is 339 g/mol. The minimum Gasteiger partial charge on any atom is -0.465 e. The van der Waals surface area contributed by atoms with Gasteiger partial charge >= 0.3 is 5.97 Å². The van der Waals surface area contributed by atoms with Crippen LogP contribution in [0.1, 0.15) is 18.9 Å². The molecule has 0 aromatic heterocycles. The number of halogens is 1. The molecule has 1 saturated heterocycles. The summed E-state index contributed by atoms with van der Waals surface area (Å²) in [5.74, 6) is -1.45. The van der Waals surface area contributed by atoms with Gasteiger partial charge in [-0.3, -0.25) is 14.4 Å². The highest BCUT2D eigenvalue weighted by Gasteiger charge is 2.35. The number of carbonyl (C=O) groups excluding carboxylic acids is 3. The highest BCUT2D eigenvalue weighted by Crippen LogP contribution is 2.28. The number of nitrogens with zero attached hydrogens (tertiary/aromatic N) is 1. The van der Waals surface area contributed by atoms with Crippen LogP contribution in [0.4, 0.5) is 5.69 Å². The van der Waals surface area contributed by atoms with Gasteiger partial charge in [-0.25, -0.2) is 0 Å². The lowest BCUT2D eigenvalue weighted by atomic mass is 10.1. The molecule has 0 bridgehead atoms. The zero-order valence-corrected chi connectivity index (χ0v) is 13.9. The summed E-state index contributed by atoms with van der Waals surface area (Å²) in [5, 5.41) is 3.08. The molecule has 1 aliphatic heterocycles. The molecule has 6 nitrogen and oxygen atoms in total. The number of hydrogen-bond acceptors (Lipinski definition) is 4. The fraction of sp³-hybridized carbons (Fsp3) is 0.438. The summed E-state index contributed by atoms with van der Waals surface area (Å²) >= 11 is 6.08. The Hall–Kier alpha value is -2.08. The number of aryl methyl sites for hydroxylation is 1. The molecule has 0 aliphatic carbocycles. The van der Waals surface area contributed by atoms with Gasteiger partial charge in [-0.05, 0) is 31.5 Å². The van der Waals surface area contributed by atoms with Crippen LogP contribution in [0.3, 0.4) is 0 Å². The Morgan fingerprint density at radius 3 is 2.83 bits per heavy atom. The van der Waals surface area contributed by atoms with E-state index in [0.29, 0.717) is 10.7 Å². The standard InChI is InChI=1S/C16H19ClN2O4/c1-3-23-15(21)8-18-16(22)11-6-14(20)19(9-11)12-5-4-10(2)13(17)7-12/h4-5,7,11H,3,6,8-9H2,1-2H3,(H,18,22)/t11-/m1/s1. The molecule has 1 atom stereocenters. The van der Waals surface area contributed by atoms with Crippen molar-refractivity contribution >= 4 is 35.1 Å². The van der Waals surface area contributed by atoms with Crippen LogP contribution in [0.15, 0.2) is 18.2 Å². The first-order chi connectivity index (χ1) is 10.9. The van der Waals surface area contributed by atoms with Crippen LogP contribution >= 0.6 is 11.6 Å². The number of anilines is 1. The zero-order valence-electron chi connectivity index (χ0n) is 13.1. The van der Waals surface area contributed by atoms with Gasteiger partial charge in [0.2, 0.25) is 11.8 Å². The second kappa shape index (κ2) is 7.46. The lowest BCUT2D eigenvalue weighted by Gasteiger charge is -2.17. The van der Waals surface area contributed by atoms with E-state index >= 15 is 0 Å². The maximum absolute atomic E-state index is 12.1. The van der Waals surface area contributed by atoms with Crippen LogP contribution in [0.5, 0.6) is 0 Å². The normalized spacial score (nSPS) is 17.3. The van der Waals surface area contributed by atoms with Gasteiger partial charge < -0.3 is 15.0 Å². The van der Waals surface area contributed by atoms with Crippen LogP contribution in [-0.4, -0.2) is 37.5 Å². The fourth-order valence-corrected chi connectivity index (χ4v) is 2.57. The molecule has 1 N–H and O–H groups in total. The van der Waals surface area contributed by atoms with E-state index in [2.05, 4.69) is 5.32 Å². The first kappa shape index (κ1) is 17.3. The lowest BCUT2D eigenvalue weighted by molar-refractivity contribution is -0.143.